The topological polar surface area (TPSA) is 108 Å². The average Bonchev–Trinajstić information content (AvgIpc) is 2.71. The summed E-state index contributed by atoms with van der Waals surface area (Å²) in [5, 5.41) is 15.6. The number of carbonyl (C=O) groups excluding carboxylic acids is 3. The third-order valence-electron chi connectivity index (χ3n) is 5.57. The molecule has 8 nitrogen and oxygen atoms in total. The molecule has 0 aliphatic heterocycles. The van der Waals surface area contributed by atoms with Gasteiger partial charge in [-0.05, 0) is 85.3 Å². The van der Waals surface area contributed by atoms with Crippen molar-refractivity contribution < 1.29 is 24.2 Å². The van der Waals surface area contributed by atoms with Gasteiger partial charge in [-0.3, -0.25) is 9.59 Å². The summed E-state index contributed by atoms with van der Waals surface area (Å²) in [7, 11) is 0. The zero-order valence-corrected chi connectivity index (χ0v) is 23.8. The van der Waals surface area contributed by atoms with Gasteiger partial charge in [-0.25, -0.2) is 4.79 Å². The van der Waals surface area contributed by atoms with Gasteiger partial charge in [0.2, 0.25) is 11.8 Å². The lowest BCUT2D eigenvalue weighted by Crippen LogP contribution is -2.58. The monoisotopic (exact) mass is 505 g/mol. The molecule has 204 valence electrons. The van der Waals surface area contributed by atoms with Crippen LogP contribution in [0.15, 0.2) is 24.3 Å². The Morgan fingerprint density at radius 2 is 1.58 bits per heavy atom. The second-order valence-electron chi connectivity index (χ2n) is 11.9. The van der Waals surface area contributed by atoms with E-state index in [1.54, 1.807) is 20.8 Å². The molecule has 1 aromatic rings. The Labute approximate surface area is 217 Å². The fraction of sp³-hybridized carbons (Fsp3) is 0.679. The molecule has 3 amide bonds. The van der Waals surface area contributed by atoms with Gasteiger partial charge in [0.15, 0.2) is 0 Å². The van der Waals surface area contributed by atoms with Crippen molar-refractivity contribution in [2.24, 2.45) is 5.92 Å². The predicted molar refractivity (Wildman–Crippen MR) is 142 cm³/mol. The van der Waals surface area contributed by atoms with Crippen LogP contribution in [0.4, 0.5) is 4.79 Å². The SMILES string of the molecule is Cc1ccccc1C(C(=O)NC(C)(C)C)N(C(=O)C(CO)NC(=O)OC(C)(C)C)C(C)CCC(C)C. The van der Waals surface area contributed by atoms with Crippen molar-refractivity contribution in [3.8, 4) is 0 Å². The van der Waals surface area contributed by atoms with Crippen LogP contribution in [0.1, 0.15) is 92.3 Å². The molecule has 1 aromatic carbocycles. The maximum absolute atomic E-state index is 14.0. The predicted octanol–water partition coefficient (Wildman–Crippen LogP) is 4.49. The third kappa shape index (κ3) is 10.2. The Bertz CT molecular complexity index is 886. The molecule has 36 heavy (non-hydrogen) atoms. The number of hydrogen-bond acceptors (Lipinski definition) is 5. The van der Waals surface area contributed by atoms with E-state index in [9.17, 15) is 19.5 Å². The molecule has 0 heterocycles. The van der Waals surface area contributed by atoms with Crippen LogP contribution in [0, 0.1) is 12.8 Å². The minimum atomic E-state index is -1.27. The molecule has 0 aromatic heterocycles. The van der Waals surface area contributed by atoms with Gasteiger partial charge in [0.05, 0.1) is 6.61 Å². The number of benzene rings is 1. The first-order valence-corrected chi connectivity index (χ1v) is 12.8. The minimum Gasteiger partial charge on any atom is -0.444 e. The fourth-order valence-corrected chi connectivity index (χ4v) is 3.88. The zero-order valence-electron chi connectivity index (χ0n) is 23.8. The molecule has 1 rings (SSSR count). The normalized spacial score (nSPS) is 14.6. The van der Waals surface area contributed by atoms with Crippen molar-refractivity contribution in [3.05, 3.63) is 35.4 Å². The van der Waals surface area contributed by atoms with Crippen molar-refractivity contribution in [3.63, 3.8) is 0 Å². The molecule has 3 unspecified atom stereocenters. The summed E-state index contributed by atoms with van der Waals surface area (Å²) < 4.78 is 5.31. The smallest absolute Gasteiger partial charge is 0.408 e. The first-order chi connectivity index (χ1) is 16.5. The van der Waals surface area contributed by atoms with E-state index in [1.807, 2.05) is 58.9 Å². The number of rotatable bonds is 10. The van der Waals surface area contributed by atoms with Crippen LogP contribution < -0.4 is 10.6 Å². The van der Waals surface area contributed by atoms with Crippen molar-refractivity contribution in [2.45, 2.75) is 111 Å². The summed E-state index contributed by atoms with van der Waals surface area (Å²) in [5.74, 6) is -0.467. The highest BCUT2D eigenvalue weighted by atomic mass is 16.6. The molecular formula is C28H47N3O5. The van der Waals surface area contributed by atoms with Gasteiger partial charge in [-0.2, -0.15) is 0 Å². The van der Waals surface area contributed by atoms with E-state index in [4.69, 9.17) is 4.74 Å². The van der Waals surface area contributed by atoms with Gasteiger partial charge in [-0.15, -0.1) is 0 Å². The second kappa shape index (κ2) is 13.1. The summed E-state index contributed by atoms with van der Waals surface area (Å²) in [5.41, 5.74) is 0.256. The highest BCUT2D eigenvalue weighted by Crippen LogP contribution is 2.30. The Balaban J connectivity index is 3.57. The molecule has 0 bridgehead atoms. The standard InChI is InChI=1S/C28H47N3O5/c1-18(2)15-16-20(4)31(25(34)22(17-32)29-26(35)36-28(8,9)10)23(24(33)30-27(5,6)7)21-14-12-11-13-19(21)3/h11-14,18,20,22-23,32H,15-17H2,1-10H3,(H,29,35)(H,30,33). The highest BCUT2D eigenvalue weighted by Gasteiger charge is 2.40. The number of carbonyl (C=O) groups is 3. The number of nitrogens with zero attached hydrogens (tertiary/aromatic N) is 1. The summed E-state index contributed by atoms with van der Waals surface area (Å²) in [4.78, 5) is 41.7. The van der Waals surface area contributed by atoms with E-state index in [1.165, 1.54) is 4.90 Å². The minimum absolute atomic E-state index is 0.324. The highest BCUT2D eigenvalue weighted by molar-refractivity contribution is 5.92. The second-order valence-corrected chi connectivity index (χ2v) is 11.9. The van der Waals surface area contributed by atoms with Crippen LogP contribution in [-0.2, 0) is 14.3 Å². The van der Waals surface area contributed by atoms with Crippen molar-refractivity contribution in [1.82, 2.24) is 15.5 Å². The fourth-order valence-electron chi connectivity index (χ4n) is 3.88. The number of hydrogen-bond donors (Lipinski definition) is 3. The van der Waals surface area contributed by atoms with Crippen LogP contribution >= 0.6 is 0 Å². The van der Waals surface area contributed by atoms with Gasteiger partial charge < -0.3 is 25.4 Å². The largest absolute Gasteiger partial charge is 0.444 e. The zero-order chi connectivity index (χ0) is 27.8. The molecule has 0 saturated carbocycles. The van der Waals surface area contributed by atoms with Crippen molar-refractivity contribution >= 4 is 17.9 Å². The molecule has 0 saturated heterocycles. The van der Waals surface area contributed by atoms with Crippen LogP contribution in [0.25, 0.3) is 0 Å². The Morgan fingerprint density at radius 1 is 1.00 bits per heavy atom. The van der Waals surface area contributed by atoms with Crippen molar-refractivity contribution in [2.75, 3.05) is 6.61 Å². The number of alkyl carbamates (subject to hydrolysis) is 1. The van der Waals surface area contributed by atoms with Gasteiger partial charge in [0.25, 0.3) is 0 Å². The van der Waals surface area contributed by atoms with E-state index in [-0.39, 0.29) is 11.9 Å². The maximum atomic E-state index is 14.0. The summed E-state index contributed by atoms with van der Waals surface area (Å²) in [6.07, 6.45) is 0.686. The molecule has 0 spiro atoms. The number of ether oxygens (including phenoxy) is 1. The molecule has 3 N–H and O–H groups in total. The van der Waals surface area contributed by atoms with Gasteiger partial charge in [0.1, 0.15) is 17.7 Å². The Morgan fingerprint density at radius 3 is 2.06 bits per heavy atom. The van der Waals surface area contributed by atoms with Gasteiger partial charge >= 0.3 is 6.09 Å². The summed E-state index contributed by atoms with van der Waals surface area (Å²) in [6.45, 7) is 18.2. The molecule has 0 aliphatic carbocycles. The number of aliphatic hydroxyl groups is 1. The Kier molecular flexibility index (Phi) is 11.4. The maximum Gasteiger partial charge on any atom is 0.408 e. The average molecular weight is 506 g/mol. The van der Waals surface area contributed by atoms with Crippen LogP contribution in [-0.4, -0.2) is 57.7 Å². The van der Waals surface area contributed by atoms with E-state index >= 15 is 0 Å². The molecule has 8 heteroatoms. The van der Waals surface area contributed by atoms with E-state index in [2.05, 4.69) is 24.5 Å². The summed E-state index contributed by atoms with van der Waals surface area (Å²) >= 11 is 0. The van der Waals surface area contributed by atoms with Crippen LogP contribution in [0.5, 0.6) is 0 Å². The van der Waals surface area contributed by atoms with E-state index < -0.39 is 41.8 Å². The quantitative estimate of drug-likeness (QED) is 0.434. The lowest BCUT2D eigenvalue weighted by molar-refractivity contribution is -0.146. The van der Waals surface area contributed by atoms with Gasteiger partial charge in [0, 0.05) is 11.6 Å². The molecular weight excluding hydrogens is 458 g/mol. The number of aliphatic hydroxyl groups excluding tert-OH is 1. The lowest BCUT2D eigenvalue weighted by atomic mass is 9.94. The van der Waals surface area contributed by atoms with Crippen LogP contribution in [0.3, 0.4) is 0 Å². The Hall–Kier alpha value is -2.61. The number of amides is 3. The molecule has 0 radical (unpaired) electrons. The van der Waals surface area contributed by atoms with Crippen LogP contribution in [0.2, 0.25) is 0 Å². The van der Waals surface area contributed by atoms with Gasteiger partial charge in [-0.1, -0.05) is 38.1 Å². The van der Waals surface area contributed by atoms with E-state index in [0.29, 0.717) is 17.9 Å². The molecule has 0 aliphatic rings. The van der Waals surface area contributed by atoms with Crippen molar-refractivity contribution in [1.29, 1.82) is 0 Å². The first-order valence-electron chi connectivity index (χ1n) is 12.8. The number of nitrogens with one attached hydrogen (secondary N) is 2. The third-order valence-corrected chi connectivity index (χ3v) is 5.57. The molecule has 0 fully saturated rings. The van der Waals surface area contributed by atoms with E-state index in [0.717, 1.165) is 12.0 Å². The number of aryl methyl sites for hydroxylation is 1. The first kappa shape index (κ1) is 31.4. The summed E-state index contributed by atoms with van der Waals surface area (Å²) in [6, 6.07) is 4.90. The lowest BCUT2D eigenvalue weighted by Gasteiger charge is -2.40. The molecule has 3 atom stereocenters.